The van der Waals surface area contributed by atoms with E-state index in [0.29, 0.717) is 23.8 Å². The summed E-state index contributed by atoms with van der Waals surface area (Å²) in [6.07, 6.45) is 0. The minimum absolute atomic E-state index is 0.0566. The van der Waals surface area contributed by atoms with Crippen LogP contribution in [-0.2, 0) is 15.0 Å². The molecule has 2 amide bonds. The van der Waals surface area contributed by atoms with Gasteiger partial charge in [0, 0.05) is 23.9 Å². The average Bonchev–Trinajstić information content (AvgIpc) is 3.54. The van der Waals surface area contributed by atoms with Crippen molar-refractivity contribution >= 4 is 17.5 Å². The largest absolute Gasteiger partial charge is 0.491 e. The van der Waals surface area contributed by atoms with Crippen molar-refractivity contribution in [2.24, 2.45) is 0 Å². The first-order chi connectivity index (χ1) is 16.6. The average molecular weight is 456 g/mol. The molecule has 2 atom stereocenters. The molecule has 2 unspecified atom stereocenters. The van der Waals surface area contributed by atoms with Gasteiger partial charge in [0.25, 0.3) is 0 Å². The van der Waals surface area contributed by atoms with Crippen LogP contribution < -0.4 is 24.4 Å². The number of benzene rings is 3. The molecule has 0 fully saturated rings. The highest BCUT2D eigenvalue weighted by Crippen LogP contribution is 2.54. The maximum atomic E-state index is 13.9. The van der Waals surface area contributed by atoms with E-state index in [0.717, 1.165) is 22.4 Å². The lowest BCUT2D eigenvalue weighted by Gasteiger charge is -2.23. The minimum Gasteiger partial charge on any atom is -0.491 e. The van der Waals surface area contributed by atoms with E-state index in [9.17, 15) is 9.59 Å². The van der Waals surface area contributed by atoms with Crippen molar-refractivity contribution in [3.05, 3.63) is 83.4 Å². The maximum Gasteiger partial charge on any atom is 0.246 e. The summed E-state index contributed by atoms with van der Waals surface area (Å²) in [6, 6.07) is 21.3. The third kappa shape index (κ3) is 3.04. The summed E-state index contributed by atoms with van der Waals surface area (Å²) in [5, 5.41) is 2.99. The van der Waals surface area contributed by atoms with E-state index >= 15 is 0 Å². The number of hydrogen-bond acceptors (Lipinski definition) is 5. The number of carbonyl (C=O) groups excluding carboxylic acids is 2. The van der Waals surface area contributed by atoms with E-state index in [4.69, 9.17) is 14.2 Å². The van der Waals surface area contributed by atoms with Gasteiger partial charge in [-0.3, -0.25) is 9.59 Å². The molecule has 3 heterocycles. The van der Waals surface area contributed by atoms with Crippen LogP contribution in [0.3, 0.4) is 0 Å². The van der Waals surface area contributed by atoms with Gasteiger partial charge in [0.05, 0.1) is 0 Å². The molecular formula is C27H24N2O5. The summed E-state index contributed by atoms with van der Waals surface area (Å²) in [6.45, 7) is 2.82. The third-order valence-corrected chi connectivity index (χ3v) is 6.92. The van der Waals surface area contributed by atoms with Crippen molar-refractivity contribution in [3.63, 3.8) is 0 Å². The van der Waals surface area contributed by atoms with Gasteiger partial charge in [-0.25, -0.2) is 0 Å². The van der Waals surface area contributed by atoms with Gasteiger partial charge >= 0.3 is 0 Å². The Morgan fingerprint density at radius 3 is 2.53 bits per heavy atom. The number of anilines is 1. The second-order valence-corrected chi connectivity index (χ2v) is 8.92. The molecule has 1 N–H and O–H groups in total. The smallest absolute Gasteiger partial charge is 0.246 e. The highest BCUT2D eigenvalue weighted by Gasteiger charge is 2.57. The van der Waals surface area contributed by atoms with Gasteiger partial charge in [0.2, 0.25) is 18.6 Å². The summed E-state index contributed by atoms with van der Waals surface area (Å²) in [7, 11) is 0. The summed E-state index contributed by atoms with van der Waals surface area (Å²) in [5.41, 5.74) is 2.46. The molecule has 6 rings (SSSR count). The van der Waals surface area contributed by atoms with Crippen molar-refractivity contribution < 1.29 is 23.8 Å². The van der Waals surface area contributed by atoms with Crippen LogP contribution in [0.2, 0.25) is 0 Å². The van der Waals surface area contributed by atoms with Crippen molar-refractivity contribution in [2.75, 3.05) is 31.4 Å². The molecule has 3 aromatic rings. The molecule has 3 aliphatic rings. The molecule has 34 heavy (non-hydrogen) atoms. The topological polar surface area (TPSA) is 77.1 Å². The fraction of sp³-hybridized carbons (Fsp3) is 0.259. The van der Waals surface area contributed by atoms with Crippen LogP contribution in [0.25, 0.3) is 0 Å². The molecule has 0 bridgehead atoms. The number of fused-ring (bicyclic) bond motifs is 5. The number of ether oxygens (including phenoxy) is 3. The molecule has 0 radical (unpaired) electrons. The zero-order valence-corrected chi connectivity index (χ0v) is 18.7. The van der Waals surface area contributed by atoms with Gasteiger partial charge in [0.15, 0.2) is 11.5 Å². The van der Waals surface area contributed by atoms with Gasteiger partial charge < -0.3 is 24.4 Å². The van der Waals surface area contributed by atoms with Crippen LogP contribution in [-0.4, -0.2) is 38.3 Å². The van der Waals surface area contributed by atoms with Crippen molar-refractivity contribution in [1.82, 2.24) is 5.32 Å². The zero-order chi connectivity index (χ0) is 23.3. The Labute approximate surface area is 197 Å². The highest BCUT2D eigenvalue weighted by molar-refractivity contribution is 6.13. The third-order valence-electron chi connectivity index (χ3n) is 6.92. The fourth-order valence-electron chi connectivity index (χ4n) is 5.09. The molecule has 3 aromatic carbocycles. The molecule has 1 spiro atoms. The lowest BCUT2D eigenvalue weighted by molar-refractivity contribution is -0.125. The first-order valence-electron chi connectivity index (χ1n) is 11.4. The van der Waals surface area contributed by atoms with E-state index in [-0.39, 0.29) is 37.7 Å². The lowest BCUT2D eigenvalue weighted by Crippen LogP contribution is -2.46. The first-order valence-corrected chi connectivity index (χ1v) is 11.4. The molecule has 172 valence electrons. The van der Waals surface area contributed by atoms with Crippen LogP contribution >= 0.6 is 0 Å². The predicted molar refractivity (Wildman–Crippen MR) is 126 cm³/mol. The number of nitrogens with one attached hydrogen (secondary N) is 1. The SMILES string of the molecule is CC(CNC(=O)CN1C(=O)C2(COc3cc4c(cc32)OCO4)c2ccccc21)c1ccccc1. The molecule has 0 aromatic heterocycles. The van der Waals surface area contributed by atoms with Crippen LogP contribution in [0.4, 0.5) is 5.69 Å². The van der Waals surface area contributed by atoms with Crippen molar-refractivity contribution in [2.45, 2.75) is 18.3 Å². The zero-order valence-electron chi connectivity index (χ0n) is 18.7. The molecule has 7 nitrogen and oxygen atoms in total. The van der Waals surface area contributed by atoms with Gasteiger partial charge in [-0.1, -0.05) is 55.5 Å². The lowest BCUT2D eigenvalue weighted by atomic mass is 9.77. The van der Waals surface area contributed by atoms with Gasteiger partial charge in [-0.2, -0.15) is 0 Å². The predicted octanol–water partition coefficient (Wildman–Crippen LogP) is 3.36. The number of carbonyl (C=O) groups is 2. The minimum atomic E-state index is -1.01. The number of para-hydroxylation sites is 1. The van der Waals surface area contributed by atoms with Crippen LogP contribution in [0.1, 0.15) is 29.5 Å². The monoisotopic (exact) mass is 456 g/mol. The van der Waals surface area contributed by atoms with Crippen LogP contribution in [0.15, 0.2) is 66.7 Å². The van der Waals surface area contributed by atoms with E-state index in [1.807, 2.05) is 60.7 Å². The Bertz CT molecular complexity index is 1290. The Balaban J connectivity index is 1.27. The Morgan fingerprint density at radius 1 is 0.971 bits per heavy atom. The second kappa shape index (κ2) is 7.80. The van der Waals surface area contributed by atoms with E-state index < -0.39 is 5.41 Å². The Hall–Kier alpha value is -4.00. The molecule has 0 saturated heterocycles. The first kappa shape index (κ1) is 20.6. The molecule has 0 aliphatic carbocycles. The maximum absolute atomic E-state index is 13.9. The summed E-state index contributed by atoms with van der Waals surface area (Å²) in [5.74, 6) is 1.61. The number of amides is 2. The number of rotatable bonds is 5. The van der Waals surface area contributed by atoms with E-state index in [1.165, 1.54) is 0 Å². The van der Waals surface area contributed by atoms with Crippen LogP contribution in [0, 0.1) is 0 Å². The highest BCUT2D eigenvalue weighted by atomic mass is 16.7. The fourth-order valence-corrected chi connectivity index (χ4v) is 5.09. The summed E-state index contributed by atoms with van der Waals surface area (Å²) in [4.78, 5) is 28.4. The van der Waals surface area contributed by atoms with E-state index in [1.54, 1.807) is 11.0 Å². The summed E-state index contributed by atoms with van der Waals surface area (Å²) < 4.78 is 17.0. The van der Waals surface area contributed by atoms with Crippen molar-refractivity contribution in [1.29, 1.82) is 0 Å². The Morgan fingerprint density at radius 2 is 1.71 bits per heavy atom. The molecule has 7 heteroatoms. The number of hydrogen-bond donors (Lipinski definition) is 1. The van der Waals surface area contributed by atoms with Crippen molar-refractivity contribution in [3.8, 4) is 17.2 Å². The van der Waals surface area contributed by atoms with Gasteiger partial charge in [-0.05, 0) is 29.2 Å². The summed E-state index contributed by atoms with van der Waals surface area (Å²) >= 11 is 0. The molecular weight excluding hydrogens is 432 g/mol. The Kier molecular flexibility index (Phi) is 4.72. The number of nitrogens with zero attached hydrogens (tertiary/aromatic N) is 1. The van der Waals surface area contributed by atoms with Gasteiger partial charge in [0.1, 0.15) is 24.3 Å². The molecule has 0 saturated carbocycles. The van der Waals surface area contributed by atoms with Crippen LogP contribution in [0.5, 0.6) is 17.2 Å². The van der Waals surface area contributed by atoms with E-state index in [2.05, 4.69) is 12.2 Å². The quantitative estimate of drug-likeness (QED) is 0.637. The molecule has 3 aliphatic heterocycles. The standard InChI is InChI=1S/C27H24N2O5/c1-17(18-7-3-2-4-8-18)13-28-25(30)14-29-21-10-6-5-9-19(21)27(26(29)31)15-32-22-12-24-23(11-20(22)27)33-16-34-24/h2-12,17H,13-16H2,1H3,(H,28,30). The second-order valence-electron chi connectivity index (χ2n) is 8.92. The van der Waals surface area contributed by atoms with Gasteiger partial charge in [-0.15, -0.1) is 0 Å². The normalized spacial score (nSPS) is 20.1.